The van der Waals surface area contributed by atoms with Gasteiger partial charge >= 0.3 is 0 Å². The first-order valence-corrected chi connectivity index (χ1v) is 14.6. The van der Waals surface area contributed by atoms with Crippen LogP contribution in [0.15, 0.2) is 127 Å². The predicted molar refractivity (Wildman–Crippen MR) is 176 cm³/mol. The van der Waals surface area contributed by atoms with Crippen molar-refractivity contribution >= 4 is 21.5 Å². The van der Waals surface area contributed by atoms with Crippen LogP contribution in [-0.4, -0.2) is 9.97 Å². The molecule has 7 aromatic rings. The number of nitriles is 1. The van der Waals surface area contributed by atoms with E-state index >= 15 is 0 Å². The van der Waals surface area contributed by atoms with Gasteiger partial charge in [-0.3, -0.25) is 0 Å². The summed E-state index contributed by atoms with van der Waals surface area (Å²) in [6, 6.07) is 46.5. The first-order chi connectivity index (χ1) is 21.0. The number of benzene rings is 6. The zero-order valence-electron chi connectivity index (χ0n) is 24.0. The van der Waals surface area contributed by atoms with Crippen LogP contribution in [0.5, 0.6) is 0 Å². The molecule has 3 heteroatoms. The predicted octanol–water partition coefficient (Wildman–Crippen LogP) is 9.96. The summed E-state index contributed by atoms with van der Waals surface area (Å²) in [4.78, 5) is 10.2. The third kappa shape index (κ3) is 3.95. The topological polar surface area (TPSA) is 49.6 Å². The van der Waals surface area contributed by atoms with E-state index < -0.39 is 0 Å². The fourth-order valence-electron chi connectivity index (χ4n) is 6.71. The van der Waals surface area contributed by atoms with Gasteiger partial charge in [-0.2, -0.15) is 5.26 Å². The van der Waals surface area contributed by atoms with E-state index in [2.05, 4.69) is 98.8 Å². The van der Waals surface area contributed by atoms with Crippen molar-refractivity contribution in [3.05, 3.63) is 144 Å². The van der Waals surface area contributed by atoms with E-state index in [1.54, 1.807) is 0 Å². The fraction of sp³-hybridized carbons (Fsp3) is 0.0750. The summed E-state index contributed by atoms with van der Waals surface area (Å²) in [5.41, 5.74) is 10.2. The maximum absolute atomic E-state index is 9.54. The van der Waals surface area contributed by atoms with E-state index in [1.165, 1.54) is 43.8 Å². The maximum Gasteiger partial charge on any atom is 0.160 e. The van der Waals surface area contributed by atoms with Gasteiger partial charge in [0.1, 0.15) is 0 Å². The van der Waals surface area contributed by atoms with Crippen molar-refractivity contribution in [2.45, 2.75) is 19.3 Å². The Morgan fingerprint density at radius 3 is 2.12 bits per heavy atom. The SMILES string of the molecule is CC1(C)c2ccc(-c3nc(-c4ccccc4)cc(-c4cccc(C#N)c4)n3)cc2-c2c1ccc1ccc3ccccc3c21. The first kappa shape index (κ1) is 25.1. The van der Waals surface area contributed by atoms with Gasteiger partial charge < -0.3 is 0 Å². The minimum Gasteiger partial charge on any atom is -0.228 e. The third-order valence-corrected chi connectivity index (χ3v) is 8.89. The lowest BCUT2D eigenvalue weighted by Gasteiger charge is -2.22. The van der Waals surface area contributed by atoms with Crippen molar-refractivity contribution in [3.8, 4) is 51.1 Å². The van der Waals surface area contributed by atoms with Gasteiger partial charge in [0.15, 0.2) is 5.82 Å². The Kier molecular flexibility index (Phi) is 5.54. The average molecular weight is 550 g/mol. The van der Waals surface area contributed by atoms with Crippen LogP contribution in [0.2, 0.25) is 0 Å². The van der Waals surface area contributed by atoms with Gasteiger partial charge in [-0.15, -0.1) is 0 Å². The molecule has 6 aromatic carbocycles. The molecule has 0 fully saturated rings. The highest BCUT2D eigenvalue weighted by atomic mass is 14.9. The Labute approximate surface area is 250 Å². The minimum atomic E-state index is -0.135. The van der Waals surface area contributed by atoms with Gasteiger partial charge in [-0.25, -0.2) is 9.97 Å². The fourth-order valence-corrected chi connectivity index (χ4v) is 6.71. The van der Waals surface area contributed by atoms with Crippen LogP contribution >= 0.6 is 0 Å². The number of hydrogen-bond donors (Lipinski definition) is 0. The van der Waals surface area contributed by atoms with Crippen LogP contribution in [0.4, 0.5) is 0 Å². The number of nitrogens with zero attached hydrogens (tertiary/aromatic N) is 3. The Morgan fingerprint density at radius 2 is 1.28 bits per heavy atom. The molecule has 3 nitrogen and oxygen atoms in total. The van der Waals surface area contributed by atoms with Gasteiger partial charge in [-0.1, -0.05) is 117 Å². The molecule has 1 aromatic heterocycles. The zero-order chi connectivity index (χ0) is 29.1. The van der Waals surface area contributed by atoms with Crippen molar-refractivity contribution < 1.29 is 0 Å². The van der Waals surface area contributed by atoms with Crippen molar-refractivity contribution in [1.29, 1.82) is 5.26 Å². The Bertz CT molecular complexity index is 2270. The lowest BCUT2D eigenvalue weighted by Crippen LogP contribution is -2.14. The lowest BCUT2D eigenvalue weighted by molar-refractivity contribution is 0.661. The van der Waals surface area contributed by atoms with E-state index in [0.717, 1.165) is 28.1 Å². The van der Waals surface area contributed by atoms with Gasteiger partial charge in [-0.05, 0) is 68.1 Å². The van der Waals surface area contributed by atoms with Crippen molar-refractivity contribution in [2.75, 3.05) is 0 Å². The van der Waals surface area contributed by atoms with Crippen molar-refractivity contribution in [2.24, 2.45) is 0 Å². The molecule has 1 aliphatic carbocycles. The first-order valence-electron chi connectivity index (χ1n) is 14.6. The molecule has 0 unspecified atom stereocenters. The molecule has 0 bridgehead atoms. The van der Waals surface area contributed by atoms with E-state index in [1.807, 2.05) is 48.5 Å². The molecule has 1 aliphatic rings. The zero-order valence-corrected chi connectivity index (χ0v) is 24.0. The number of aromatic nitrogens is 2. The highest BCUT2D eigenvalue weighted by molar-refractivity contribution is 6.16. The molecule has 0 N–H and O–H groups in total. The summed E-state index contributed by atoms with van der Waals surface area (Å²) >= 11 is 0. The summed E-state index contributed by atoms with van der Waals surface area (Å²) in [6.07, 6.45) is 0. The monoisotopic (exact) mass is 549 g/mol. The van der Waals surface area contributed by atoms with Crippen LogP contribution in [-0.2, 0) is 5.41 Å². The van der Waals surface area contributed by atoms with Gasteiger partial charge in [0.25, 0.3) is 0 Å². The molecule has 0 saturated heterocycles. The molecule has 43 heavy (non-hydrogen) atoms. The van der Waals surface area contributed by atoms with Crippen molar-refractivity contribution in [3.63, 3.8) is 0 Å². The Morgan fingerprint density at radius 1 is 0.581 bits per heavy atom. The van der Waals surface area contributed by atoms with Crippen LogP contribution in [0, 0.1) is 11.3 Å². The Balaban J connectivity index is 1.39. The van der Waals surface area contributed by atoms with Gasteiger partial charge in [0.2, 0.25) is 0 Å². The molecule has 0 saturated carbocycles. The summed E-state index contributed by atoms with van der Waals surface area (Å²) < 4.78 is 0. The summed E-state index contributed by atoms with van der Waals surface area (Å²) in [5, 5.41) is 14.6. The van der Waals surface area contributed by atoms with Gasteiger partial charge in [0, 0.05) is 22.1 Å². The Hall–Kier alpha value is -5.59. The molecule has 202 valence electrons. The number of hydrogen-bond acceptors (Lipinski definition) is 3. The van der Waals surface area contributed by atoms with Crippen molar-refractivity contribution in [1.82, 2.24) is 9.97 Å². The van der Waals surface area contributed by atoms with Crippen LogP contribution in [0.25, 0.3) is 66.6 Å². The van der Waals surface area contributed by atoms with E-state index in [4.69, 9.17) is 9.97 Å². The third-order valence-electron chi connectivity index (χ3n) is 8.89. The molecule has 1 heterocycles. The molecule has 0 atom stereocenters. The summed E-state index contributed by atoms with van der Waals surface area (Å²) in [7, 11) is 0. The smallest absolute Gasteiger partial charge is 0.160 e. The van der Waals surface area contributed by atoms with E-state index in [-0.39, 0.29) is 5.41 Å². The molecular formula is C40H27N3. The number of rotatable bonds is 3. The highest BCUT2D eigenvalue weighted by Gasteiger charge is 2.37. The highest BCUT2D eigenvalue weighted by Crippen LogP contribution is 2.53. The molecule has 8 rings (SSSR count). The molecule has 0 amide bonds. The summed E-state index contributed by atoms with van der Waals surface area (Å²) in [5.74, 6) is 0.665. The van der Waals surface area contributed by atoms with E-state index in [9.17, 15) is 5.26 Å². The lowest BCUT2D eigenvalue weighted by atomic mass is 9.81. The van der Waals surface area contributed by atoms with Crippen LogP contribution in [0.1, 0.15) is 30.5 Å². The average Bonchev–Trinajstić information content (AvgIpc) is 3.30. The van der Waals surface area contributed by atoms with Gasteiger partial charge in [0.05, 0.1) is 23.0 Å². The quantitative estimate of drug-likeness (QED) is 0.206. The van der Waals surface area contributed by atoms with E-state index in [0.29, 0.717) is 11.4 Å². The molecule has 0 radical (unpaired) electrons. The maximum atomic E-state index is 9.54. The largest absolute Gasteiger partial charge is 0.228 e. The molecule has 0 aliphatic heterocycles. The van der Waals surface area contributed by atoms with Crippen LogP contribution in [0.3, 0.4) is 0 Å². The minimum absolute atomic E-state index is 0.135. The standard InChI is InChI=1S/C40H27N3/c1-40(2)33-19-18-30(22-32(33)38-34(40)20-17-28-16-15-26-10-6-7-14-31(26)37(28)38)39-42-35(27-11-4-3-5-12-27)23-36(43-39)29-13-8-9-25(21-29)24-41/h3-23H,1-2H3. The summed E-state index contributed by atoms with van der Waals surface area (Å²) in [6.45, 7) is 4.64. The molecular weight excluding hydrogens is 522 g/mol. The molecule has 0 spiro atoms. The second kappa shape index (κ2) is 9.48. The number of fused-ring (bicyclic) bond motifs is 7. The second-order valence-electron chi connectivity index (χ2n) is 11.8. The second-order valence-corrected chi connectivity index (χ2v) is 11.8. The normalized spacial score (nSPS) is 13.0. The van der Waals surface area contributed by atoms with Crippen LogP contribution < -0.4 is 0 Å².